The molecule has 0 fully saturated rings. The summed E-state index contributed by atoms with van der Waals surface area (Å²) in [6.45, 7) is 1.31. The molecule has 0 aliphatic heterocycles. The van der Waals surface area contributed by atoms with E-state index in [1.165, 1.54) is 67.6 Å². The maximum absolute atomic E-state index is 13.3. The summed E-state index contributed by atoms with van der Waals surface area (Å²) in [6.07, 6.45) is 0. The summed E-state index contributed by atoms with van der Waals surface area (Å²) in [5.74, 6) is -0.329. The Kier molecular flexibility index (Phi) is 5.79. The van der Waals surface area contributed by atoms with Crippen LogP contribution in [0.2, 0.25) is 5.02 Å². The van der Waals surface area contributed by atoms with Gasteiger partial charge >= 0.3 is 0 Å². The van der Waals surface area contributed by atoms with Crippen molar-refractivity contribution in [3.8, 4) is 0 Å². The second-order valence-corrected chi connectivity index (χ2v) is 10.3. The maximum atomic E-state index is 13.3. The van der Waals surface area contributed by atoms with Crippen molar-refractivity contribution < 1.29 is 21.6 Å². The van der Waals surface area contributed by atoms with Crippen LogP contribution in [0.3, 0.4) is 0 Å². The highest BCUT2D eigenvalue weighted by molar-refractivity contribution is 8.10. The quantitative estimate of drug-likeness (QED) is 0.528. The van der Waals surface area contributed by atoms with Crippen LogP contribution in [0, 0.1) is 0 Å². The molecule has 3 aromatic rings. The molecule has 0 aromatic heterocycles. The summed E-state index contributed by atoms with van der Waals surface area (Å²) in [6, 6.07) is 18.1. The first-order valence-electron chi connectivity index (χ1n) is 8.37. The molecule has 150 valence electrons. The van der Waals surface area contributed by atoms with Crippen molar-refractivity contribution >= 4 is 43.1 Å². The van der Waals surface area contributed by atoms with E-state index in [2.05, 4.69) is 0 Å². The van der Waals surface area contributed by atoms with Gasteiger partial charge in [0.1, 0.15) is 0 Å². The third kappa shape index (κ3) is 4.05. The minimum Gasteiger partial charge on any atom is -0.294 e. The zero-order valence-corrected chi connectivity index (χ0v) is 17.6. The normalized spacial score (nSPS) is 11.8. The monoisotopic (exact) mass is 449 g/mol. The average molecular weight is 450 g/mol. The second kappa shape index (κ2) is 7.98. The fourth-order valence-electron chi connectivity index (χ4n) is 2.69. The number of rotatable bonds is 6. The zero-order chi connectivity index (χ0) is 21.2. The van der Waals surface area contributed by atoms with Crippen molar-refractivity contribution in [2.24, 2.45) is 0 Å². The van der Waals surface area contributed by atoms with Crippen LogP contribution in [-0.2, 0) is 20.0 Å². The molecule has 0 bridgehead atoms. The van der Waals surface area contributed by atoms with Gasteiger partial charge in [0, 0.05) is 5.56 Å². The molecule has 3 aromatic carbocycles. The number of hydrogen-bond acceptors (Lipinski definition) is 5. The number of carbonyl (C=O) groups is 1. The lowest BCUT2D eigenvalue weighted by atomic mass is 10.1. The van der Waals surface area contributed by atoms with Crippen molar-refractivity contribution in [3.05, 3.63) is 89.4 Å². The Morgan fingerprint density at radius 3 is 1.59 bits per heavy atom. The van der Waals surface area contributed by atoms with Crippen LogP contribution in [-0.4, -0.2) is 22.6 Å². The smallest absolute Gasteiger partial charge is 0.277 e. The van der Waals surface area contributed by atoms with Crippen LogP contribution >= 0.6 is 11.6 Å². The average Bonchev–Trinajstić information content (AvgIpc) is 2.69. The molecule has 0 saturated carbocycles. The largest absolute Gasteiger partial charge is 0.294 e. The van der Waals surface area contributed by atoms with Crippen LogP contribution in [0.4, 0.5) is 5.69 Å². The number of Topliss-reactive ketones (excluding diaryl/α,β-unsaturated/α-hetero) is 1. The second-order valence-electron chi connectivity index (χ2n) is 6.05. The minimum absolute atomic E-state index is 0.0495. The highest BCUT2D eigenvalue weighted by Crippen LogP contribution is 2.33. The number of benzene rings is 3. The van der Waals surface area contributed by atoms with Gasteiger partial charge in [-0.1, -0.05) is 48.0 Å². The molecule has 0 amide bonds. The topological polar surface area (TPSA) is 88.6 Å². The van der Waals surface area contributed by atoms with E-state index in [-0.39, 0.29) is 31.8 Å². The Labute approximate surface area is 174 Å². The van der Waals surface area contributed by atoms with E-state index < -0.39 is 20.0 Å². The summed E-state index contributed by atoms with van der Waals surface area (Å²) in [4.78, 5) is 11.2. The van der Waals surface area contributed by atoms with Crippen molar-refractivity contribution in [1.82, 2.24) is 0 Å². The fraction of sp³-hybridized carbons (Fsp3) is 0.0500. The highest BCUT2D eigenvalue weighted by atomic mass is 35.5. The molecular formula is C20H16ClNO5S2. The Morgan fingerprint density at radius 2 is 1.21 bits per heavy atom. The third-order valence-corrected chi connectivity index (χ3v) is 8.58. The lowest BCUT2D eigenvalue weighted by molar-refractivity contribution is 0.101. The Hall–Kier alpha value is -2.68. The number of halogens is 1. The van der Waals surface area contributed by atoms with E-state index in [1.807, 2.05) is 0 Å². The first-order valence-corrected chi connectivity index (χ1v) is 11.6. The Morgan fingerprint density at radius 1 is 0.759 bits per heavy atom. The molecule has 0 spiro atoms. The Balaban J connectivity index is 2.29. The first-order chi connectivity index (χ1) is 13.7. The van der Waals surface area contributed by atoms with Crippen LogP contribution in [0.5, 0.6) is 0 Å². The van der Waals surface area contributed by atoms with Gasteiger partial charge in [-0.05, 0) is 49.4 Å². The standard InChI is InChI=1S/C20H16ClNO5S2/c1-15(23)19-13-12-16(14-20(19)21)22(28(24,25)17-8-4-2-5-9-17)29(26,27)18-10-6-3-7-11-18/h2-14H,1H3. The number of carbonyl (C=O) groups excluding carboxylic acids is 1. The number of sulfonamides is 2. The number of ketones is 1. The van der Waals surface area contributed by atoms with Gasteiger partial charge in [-0.15, -0.1) is 0 Å². The third-order valence-electron chi connectivity index (χ3n) is 4.06. The van der Waals surface area contributed by atoms with Crippen molar-refractivity contribution in [2.75, 3.05) is 3.71 Å². The van der Waals surface area contributed by atoms with E-state index in [1.54, 1.807) is 12.1 Å². The summed E-state index contributed by atoms with van der Waals surface area (Å²) < 4.78 is 53.6. The molecule has 0 unspecified atom stereocenters. The number of hydrogen-bond donors (Lipinski definition) is 0. The fourth-order valence-corrected chi connectivity index (χ4v) is 6.71. The molecule has 0 N–H and O–H groups in total. The highest BCUT2D eigenvalue weighted by Gasteiger charge is 2.37. The van der Waals surface area contributed by atoms with E-state index in [9.17, 15) is 21.6 Å². The van der Waals surface area contributed by atoms with Gasteiger partial charge in [-0.25, -0.2) is 16.8 Å². The van der Waals surface area contributed by atoms with E-state index >= 15 is 0 Å². The maximum Gasteiger partial charge on any atom is 0.277 e. The van der Waals surface area contributed by atoms with Crippen molar-refractivity contribution in [1.29, 1.82) is 0 Å². The lowest BCUT2D eigenvalue weighted by Crippen LogP contribution is -2.37. The van der Waals surface area contributed by atoms with E-state index in [0.717, 1.165) is 6.07 Å². The molecule has 0 heterocycles. The van der Waals surface area contributed by atoms with Crippen LogP contribution in [0.15, 0.2) is 88.7 Å². The van der Waals surface area contributed by atoms with Crippen LogP contribution in [0.1, 0.15) is 17.3 Å². The zero-order valence-electron chi connectivity index (χ0n) is 15.2. The van der Waals surface area contributed by atoms with Crippen molar-refractivity contribution in [2.45, 2.75) is 16.7 Å². The van der Waals surface area contributed by atoms with Gasteiger partial charge in [-0.3, -0.25) is 4.79 Å². The molecule has 0 aliphatic carbocycles. The summed E-state index contributed by atoms with van der Waals surface area (Å²) in [5, 5.41) is -0.0495. The van der Waals surface area contributed by atoms with Gasteiger partial charge in [0.25, 0.3) is 20.0 Å². The molecule has 0 atom stereocenters. The van der Waals surface area contributed by atoms with Gasteiger partial charge in [-0.2, -0.15) is 3.71 Å². The molecule has 6 nitrogen and oxygen atoms in total. The lowest BCUT2D eigenvalue weighted by Gasteiger charge is -2.24. The molecule has 0 radical (unpaired) electrons. The number of anilines is 1. The first kappa shape index (κ1) is 21.0. The van der Waals surface area contributed by atoms with Gasteiger partial charge < -0.3 is 0 Å². The Bertz CT molecular complexity index is 1190. The van der Waals surface area contributed by atoms with Crippen molar-refractivity contribution in [3.63, 3.8) is 0 Å². The SMILES string of the molecule is CC(=O)c1ccc(N(S(=O)(=O)c2ccccc2)S(=O)(=O)c2ccccc2)cc1Cl. The summed E-state index contributed by atoms with van der Waals surface area (Å²) in [7, 11) is -9.02. The molecule has 3 rings (SSSR count). The van der Waals surface area contributed by atoms with Gasteiger partial charge in [0.05, 0.1) is 20.5 Å². The summed E-state index contributed by atoms with van der Waals surface area (Å²) >= 11 is 6.12. The van der Waals surface area contributed by atoms with Gasteiger partial charge in [0.2, 0.25) is 0 Å². The molecule has 9 heteroatoms. The van der Waals surface area contributed by atoms with Crippen LogP contribution < -0.4 is 3.71 Å². The predicted molar refractivity (Wildman–Crippen MR) is 111 cm³/mol. The number of nitrogens with zero attached hydrogens (tertiary/aromatic N) is 1. The molecule has 0 saturated heterocycles. The molecule has 29 heavy (non-hydrogen) atoms. The van der Waals surface area contributed by atoms with Crippen LogP contribution in [0.25, 0.3) is 0 Å². The molecular weight excluding hydrogens is 434 g/mol. The predicted octanol–water partition coefficient (Wildman–Crippen LogP) is 4.13. The molecule has 0 aliphatic rings. The van der Waals surface area contributed by atoms with E-state index in [4.69, 9.17) is 11.6 Å². The van der Waals surface area contributed by atoms with Gasteiger partial charge in [0.15, 0.2) is 5.78 Å². The minimum atomic E-state index is -4.51. The summed E-state index contributed by atoms with van der Waals surface area (Å²) in [5.41, 5.74) is -0.0442. The van der Waals surface area contributed by atoms with E-state index in [0.29, 0.717) is 3.71 Å².